The predicted octanol–water partition coefficient (Wildman–Crippen LogP) is 1.14. The van der Waals surface area contributed by atoms with Gasteiger partial charge in [0.1, 0.15) is 5.82 Å². The van der Waals surface area contributed by atoms with Gasteiger partial charge in [-0.2, -0.15) is 0 Å². The molecule has 2 heterocycles. The van der Waals surface area contributed by atoms with E-state index in [0.717, 1.165) is 17.9 Å². The maximum Gasteiger partial charge on any atom is 0.122 e. The second-order valence-corrected chi connectivity index (χ2v) is 4.18. The molecule has 0 spiro atoms. The van der Waals surface area contributed by atoms with Crippen LogP contribution in [-0.2, 0) is 13.6 Å². The third kappa shape index (κ3) is 2.57. The van der Waals surface area contributed by atoms with Crippen LogP contribution in [0, 0.1) is 0 Å². The minimum absolute atomic E-state index is 0.158. The third-order valence-corrected chi connectivity index (χ3v) is 3.00. The zero-order chi connectivity index (χ0) is 12.3. The maximum atomic E-state index is 5.82. The number of aromatic nitrogens is 2. The van der Waals surface area contributed by atoms with E-state index in [-0.39, 0.29) is 6.04 Å². The van der Waals surface area contributed by atoms with Crippen LogP contribution in [0.4, 0.5) is 0 Å². The first-order valence-electron chi connectivity index (χ1n) is 5.61. The van der Waals surface area contributed by atoms with Crippen LogP contribution >= 0.6 is 0 Å². The van der Waals surface area contributed by atoms with Gasteiger partial charge in [0.15, 0.2) is 0 Å². The highest BCUT2D eigenvalue weighted by atomic mass is 16.3. The van der Waals surface area contributed by atoms with Crippen LogP contribution in [0.2, 0.25) is 0 Å². The Morgan fingerprint density at radius 2 is 2.41 bits per heavy atom. The number of hydrogen-bond acceptors (Lipinski definition) is 4. The molecule has 5 heteroatoms. The smallest absolute Gasteiger partial charge is 0.122 e. The number of imidazole rings is 1. The van der Waals surface area contributed by atoms with Gasteiger partial charge in [0.05, 0.1) is 25.1 Å². The van der Waals surface area contributed by atoms with Crippen LogP contribution in [0.1, 0.15) is 17.4 Å². The van der Waals surface area contributed by atoms with Crippen LogP contribution in [0.15, 0.2) is 35.4 Å². The molecule has 2 aromatic heterocycles. The summed E-state index contributed by atoms with van der Waals surface area (Å²) in [5.74, 6) is 1.02. The van der Waals surface area contributed by atoms with Gasteiger partial charge in [-0.3, -0.25) is 4.90 Å². The molecule has 92 valence electrons. The molecule has 0 fully saturated rings. The summed E-state index contributed by atoms with van der Waals surface area (Å²) in [6, 6.07) is 2.11. The molecular formula is C12H18N4O. The normalized spacial score (nSPS) is 13.2. The van der Waals surface area contributed by atoms with Crippen molar-refractivity contribution in [3.63, 3.8) is 0 Å². The summed E-state index contributed by atoms with van der Waals surface area (Å²) < 4.78 is 7.12. The SMILES string of the molecule is CN(Cc1nccn1C)C(CN)c1ccoc1. The zero-order valence-electron chi connectivity index (χ0n) is 10.2. The average molecular weight is 234 g/mol. The summed E-state index contributed by atoms with van der Waals surface area (Å²) in [7, 11) is 4.03. The van der Waals surface area contributed by atoms with Crippen molar-refractivity contribution in [1.29, 1.82) is 0 Å². The van der Waals surface area contributed by atoms with Crippen molar-refractivity contribution in [2.45, 2.75) is 12.6 Å². The van der Waals surface area contributed by atoms with Crippen LogP contribution in [0.5, 0.6) is 0 Å². The number of aryl methyl sites for hydroxylation is 1. The third-order valence-electron chi connectivity index (χ3n) is 3.00. The van der Waals surface area contributed by atoms with Crippen LogP contribution in [0.3, 0.4) is 0 Å². The number of nitrogens with zero attached hydrogens (tertiary/aromatic N) is 3. The van der Waals surface area contributed by atoms with E-state index < -0.39 is 0 Å². The fraction of sp³-hybridized carbons (Fsp3) is 0.417. The Hall–Kier alpha value is -1.59. The fourth-order valence-electron chi connectivity index (χ4n) is 1.92. The molecule has 2 N–H and O–H groups in total. The van der Waals surface area contributed by atoms with Gasteiger partial charge in [0.25, 0.3) is 0 Å². The largest absolute Gasteiger partial charge is 0.472 e. The Morgan fingerprint density at radius 1 is 1.59 bits per heavy atom. The monoisotopic (exact) mass is 234 g/mol. The summed E-state index contributed by atoms with van der Waals surface area (Å²) >= 11 is 0. The molecule has 1 unspecified atom stereocenters. The van der Waals surface area contributed by atoms with Gasteiger partial charge >= 0.3 is 0 Å². The highest BCUT2D eigenvalue weighted by Crippen LogP contribution is 2.19. The molecule has 2 rings (SSSR count). The molecule has 5 nitrogen and oxygen atoms in total. The van der Waals surface area contributed by atoms with E-state index in [1.807, 2.05) is 30.9 Å². The van der Waals surface area contributed by atoms with E-state index in [4.69, 9.17) is 10.2 Å². The summed E-state index contributed by atoms with van der Waals surface area (Å²) in [5, 5.41) is 0. The highest BCUT2D eigenvalue weighted by Gasteiger charge is 2.17. The Balaban J connectivity index is 2.08. The Bertz CT molecular complexity index is 449. The van der Waals surface area contributed by atoms with Gasteiger partial charge in [-0.05, 0) is 13.1 Å². The lowest BCUT2D eigenvalue weighted by Crippen LogP contribution is -2.30. The van der Waals surface area contributed by atoms with Crippen molar-refractivity contribution in [2.75, 3.05) is 13.6 Å². The molecule has 0 aliphatic heterocycles. The number of rotatable bonds is 5. The van der Waals surface area contributed by atoms with E-state index in [1.54, 1.807) is 18.7 Å². The standard InChI is InChI=1S/C12H18N4O/c1-15-5-4-14-12(15)8-16(2)11(7-13)10-3-6-17-9-10/h3-6,9,11H,7-8,13H2,1-2H3. The Labute approximate surface area is 101 Å². The van der Waals surface area contributed by atoms with Crippen LogP contribution in [0.25, 0.3) is 0 Å². The quantitative estimate of drug-likeness (QED) is 0.843. The van der Waals surface area contributed by atoms with Crippen molar-refractivity contribution >= 4 is 0 Å². The first-order valence-corrected chi connectivity index (χ1v) is 5.61. The lowest BCUT2D eigenvalue weighted by Gasteiger charge is -2.25. The highest BCUT2D eigenvalue weighted by molar-refractivity contribution is 5.12. The molecule has 0 aromatic carbocycles. The first kappa shape index (κ1) is 11.9. The molecule has 0 aliphatic carbocycles. The summed E-state index contributed by atoms with van der Waals surface area (Å²) in [4.78, 5) is 6.48. The second-order valence-electron chi connectivity index (χ2n) is 4.18. The van der Waals surface area contributed by atoms with E-state index >= 15 is 0 Å². The van der Waals surface area contributed by atoms with E-state index in [2.05, 4.69) is 9.88 Å². The number of likely N-dealkylation sites (N-methyl/N-ethyl adjacent to an activating group) is 1. The molecule has 2 aromatic rings. The predicted molar refractivity (Wildman–Crippen MR) is 65.2 cm³/mol. The van der Waals surface area contributed by atoms with E-state index in [1.165, 1.54) is 0 Å². The molecule has 0 bridgehead atoms. The Kier molecular flexibility index (Phi) is 3.61. The molecule has 17 heavy (non-hydrogen) atoms. The number of furan rings is 1. The summed E-state index contributed by atoms with van der Waals surface area (Å²) in [5.41, 5.74) is 6.92. The fourth-order valence-corrected chi connectivity index (χ4v) is 1.92. The van der Waals surface area contributed by atoms with E-state index in [9.17, 15) is 0 Å². The van der Waals surface area contributed by atoms with Crippen LogP contribution in [-0.4, -0.2) is 28.0 Å². The first-order chi connectivity index (χ1) is 8.22. The molecule has 0 aliphatic rings. The number of hydrogen-bond donors (Lipinski definition) is 1. The van der Waals surface area contributed by atoms with Gasteiger partial charge in [0, 0.05) is 31.5 Å². The van der Waals surface area contributed by atoms with Gasteiger partial charge in [-0.15, -0.1) is 0 Å². The van der Waals surface area contributed by atoms with Gasteiger partial charge in [-0.1, -0.05) is 0 Å². The molecule has 0 amide bonds. The van der Waals surface area contributed by atoms with E-state index in [0.29, 0.717) is 6.54 Å². The van der Waals surface area contributed by atoms with Crippen molar-refractivity contribution in [2.24, 2.45) is 12.8 Å². The number of nitrogens with two attached hydrogens (primary N) is 1. The summed E-state index contributed by atoms with van der Waals surface area (Å²) in [6.45, 7) is 1.32. The van der Waals surface area contributed by atoms with Crippen molar-refractivity contribution in [3.05, 3.63) is 42.4 Å². The Morgan fingerprint density at radius 3 is 2.94 bits per heavy atom. The lowest BCUT2D eigenvalue weighted by atomic mass is 10.1. The van der Waals surface area contributed by atoms with Crippen molar-refractivity contribution < 1.29 is 4.42 Å². The van der Waals surface area contributed by atoms with Crippen molar-refractivity contribution in [1.82, 2.24) is 14.5 Å². The minimum Gasteiger partial charge on any atom is -0.472 e. The molecule has 0 saturated carbocycles. The van der Waals surface area contributed by atoms with Gasteiger partial charge in [-0.25, -0.2) is 4.98 Å². The van der Waals surface area contributed by atoms with Gasteiger partial charge in [0.2, 0.25) is 0 Å². The zero-order valence-corrected chi connectivity index (χ0v) is 10.2. The lowest BCUT2D eigenvalue weighted by molar-refractivity contribution is 0.233. The molecular weight excluding hydrogens is 216 g/mol. The molecule has 0 radical (unpaired) electrons. The summed E-state index contributed by atoms with van der Waals surface area (Å²) in [6.07, 6.45) is 7.16. The molecule has 1 atom stereocenters. The maximum absolute atomic E-state index is 5.82. The van der Waals surface area contributed by atoms with Crippen molar-refractivity contribution in [3.8, 4) is 0 Å². The van der Waals surface area contributed by atoms with Crippen LogP contribution < -0.4 is 5.73 Å². The minimum atomic E-state index is 0.158. The van der Waals surface area contributed by atoms with Gasteiger partial charge < -0.3 is 14.7 Å². The molecule has 0 saturated heterocycles. The topological polar surface area (TPSA) is 60.2 Å². The average Bonchev–Trinajstić information content (AvgIpc) is 2.93. The second kappa shape index (κ2) is 5.16.